The predicted molar refractivity (Wildman–Crippen MR) is 139 cm³/mol. The molecule has 10 heteroatoms. The minimum absolute atomic E-state index is 0.131. The van der Waals surface area contributed by atoms with E-state index in [1.165, 1.54) is 14.8 Å². The normalized spacial score (nSPS) is 19.9. The first kappa shape index (κ1) is 23.5. The minimum atomic E-state index is -0.305. The number of fused-ring (bicyclic) bond motifs is 2. The zero-order valence-electron chi connectivity index (χ0n) is 20.5. The molecule has 0 radical (unpaired) electrons. The van der Waals surface area contributed by atoms with Crippen LogP contribution >= 0.6 is 11.3 Å². The average Bonchev–Trinajstić information content (AvgIpc) is 3.52. The van der Waals surface area contributed by atoms with Gasteiger partial charge in [-0.3, -0.25) is 14.1 Å². The van der Waals surface area contributed by atoms with Crippen LogP contribution in [0.3, 0.4) is 0 Å². The van der Waals surface area contributed by atoms with E-state index >= 15 is 0 Å². The highest BCUT2D eigenvalue weighted by Gasteiger charge is 2.37. The molecule has 0 aliphatic carbocycles. The Hall–Kier alpha value is -3.29. The van der Waals surface area contributed by atoms with E-state index in [0.29, 0.717) is 22.9 Å². The van der Waals surface area contributed by atoms with E-state index < -0.39 is 0 Å². The fraction of sp³-hybridized carbons (Fsp3) is 0.480. The Balaban J connectivity index is 1.51. The van der Waals surface area contributed by atoms with Crippen LogP contribution < -0.4 is 10.6 Å². The molecule has 0 N–H and O–H groups in total. The molecule has 1 aliphatic heterocycles. The van der Waals surface area contributed by atoms with Crippen molar-refractivity contribution in [1.29, 1.82) is 5.26 Å². The summed E-state index contributed by atoms with van der Waals surface area (Å²) in [5.41, 5.74) is 5.31. The van der Waals surface area contributed by atoms with E-state index in [1.54, 1.807) is 29.3 Å². The van der Waals surface area contributed by atoms with Gasteiger partial charge in [0.2, 0.25) is 0 Å². The number of nitriles is 1. The maximum atomic E-state index is 12.8. The van der Waals surface area contributed by atoms with E-state index in [-0.39, 0.29) is 24.3 Å². The van der Waals surface area contributed by atoms with Crippen LogP contribution in [0.2, 0.25) is 0 Å². The Bertz CT molecular complexity index is 1460. The van der Waals surface area contributed by atoms with E-state index in [1.807, 2.05) is 5.51 Å². The standard InChI is InChI=1S/C25H30N8OS/c1-5-18-13-33(24-23-21(30(4)25(34)28-24)14-31(29-23)10-9-26)19(6-2)12-32(18)16(3)17-7-8-20-22(11-17)35-15-27-20/h7-8,11,14-16,18-19H,5-6,10,12-13H2,1-4H3/t16?,18-,19+/m1/s1. The molecule has 9 nitrogen and oxygen atoms in total. The SMILES string of the molecule is CC[C@H]1CN(C(C)c2ccc3ncsc3c2)[C@H](CC)CN1c1nc(=O)n(C)c2cn(CC#N)nc12. The molecule has 1 saturated heterocycles. The lowest BCUT2D eigenvalue weighted by atomic mass is 9.97. The van der Waals surface area contributed by atoms with Crippen molar-refractivity contribution in [3.63, 3.8) is 0 Å². The van der Waals surface area contributed by atoms with Gasteiger partial charge in [-0.1, -0.05) is 19.9 Å². The lowest BCUT2D eigenvalue weighted by molar-refractivity contribution is 0.101. The number of hydrogen-bond donors (Lipinski definition) is 0. The summed E-state index contributed by atoms with van der Waals surface area (Å²) in [6.45, 7) is 8.45. The lowest BCUT2D eigenvalue weighted by Crippen LogP contribution is -2.59. The summed E-state index contributed by atoms with van der Waals surface area (Å²) in [6.07, 6.45) is 3.67. The molecule has 5 rings (SSSR count). The number of nitrogens with zero attached hydrogens (tertiary/aromatic N) is 8. The summed E-state index contributed by atoms with van der Waals surface area (Å²) in [5.74, 6) is 0.628. The molecule has 35 heavy (non-hydrogen) atoms. The second-order valence-electron chi connectivity index (χ2n) is 9.22. The smallest absolute Gasteiger partial charge is 0.349 e. The van der Waals surface area contributed by atoms with E-state index in [9.17, 15) is 4.79 Å². The molecule has 4 aromatic rings. The summed E-state index contributed by atoms with van der Waals surface area (Å²) in [4.78, 5) is 26.5. The summed E-state index contributed by atoms with van der Waals surface area (Å²) >= 11 is 1.68. The van der Waals surface area contributed by atoms with Gasteiger partial charge in [0, 0.05) is 38.3 Å². The van der Waals surface area contributed by atoms with Crippen molar-refractivity contribution in [1.82, 2.24) is 29.2 Å². The molecule has 1 aromatic carbocycles. The largest absolute Gasteiger partial charge is 0.349 e. The van der Waals surface area contributed by atoms with Crippen LogP contribution in [-0.4, -0.2) is 54.4 Å². The molecule has 1 unspecified atom stereocenters. The van der Waals surface area contributed by atoms with Crippen LogP contribution in [0.1, 0.15) is 45.2 Å². The molecule has 0 bridgehead atoms. The molecule has 3 aromatic heterocycles. The van der Waals surface area contributed by atoms with Crippen molar-refractivity contribution in [2.24, 2.45) is 7.05 Å². The highest BCUT2D eigenvalue weighted by Crippen LogP contribution is 2.34. The number of piperazine rings is 1. The van der Waals surface area contributed by atoms with Crippen LogP contribution in [0.4, 0.5) is 5.82 Å². The first-order valence-electron chi connectivity index (χ1n) is 12.1. The second-order valence-corrected chi connectivity index (χ2v) is 10.1. The van der Waals surface area contributed by atoms with Crippen molar-refractivity contribution in [2.45, 2.75) is 58.3 Å². The minimum Gasteiger partial charge on any atom is -0.349 e. The van der Waals surface area contributed by atoms with E-state index in [2.05, 4.69) is 69.9 Å². The van der Waals surface area contributed by atoms with Crippen LogP contribution in [0.25, 0.3) is 21.3 Å². The van der Waals surface area contributed by atoms with Crippen molar-refractivity contribution < 1.29 is 0 Å². The molecule has 0 amide bonds. The fourth-order valence-electron chi connectivity index (χ4n) is 5.23. The highest BCUT2D eigenvalue weighted by molar-refractivity contribution is 7.16. The topological polar surface area (TPSA) is 95.9 Å². The molecule has 1 aliphatic rings. The fourth-order valence-corrected chi connectivity index (χ4v) is 5.96. The van der Waals surface area contributed by atoms with Gasteiger partial charge in [-0.05, 0) is 37.5 Å². The van der Waals surface area contributed by atoms with Crippen molar-refractivity contribution in [2.75, 3.05) is 18.0 Å². The van der Waals surface area contributed by atoms with Gasteiger partial charge in [0.05, 0.1) is 33.5 Å². The molecule has 1 fully saturated rings. The summed E-state index contributed by atoms with van der Waals surface area (Å²) in [7, 11) is 1.70. The zero-order chi connectivity index (χ0) is 24.7. The maximum absolute atomic E-state index is 12.8. The Morgan fingerprint density at radius 1 is 1.23 bits per heavy atom. The molecule has 3 atom stereocenters. The lowest BCUT2D eigenvalue weighted by Gasteiger charge is -2.49. The van der Waals surface area contributed by atoms with Crippen LogP contribution in [0.15, 0.2) is 34.7 Å². The Morgan fingerprint density at radius 3 is 2.77 bits per heavy atom. The van der Waals surface area contributed by atoms with Crippen LogP contribution in [0.5, 0.6) is 0 Å². The summed E-state index contributed by atoms with van der Waals surface area (Å²) in [6, 6.07) is 9.45. The highest BCUT2D eigenvalue weighted by atomic mass is 32.1. The number of hydrogen-bond acceptors (Lipinski definition) is 8. The molecule has 4 heterocycles. The number of aryl methyl sites for hydroxylation is 1. The van der Waals surface area contributed by atoms with Gasteiger partial charge in [0.1, 0.15) is 6.54 Å². The van der Waals surface area contributed by atoms with Gasteiger partial charge in [-0.15, -0.1) is 11.3 Å². The first-order chi connectivity index (χ1) is 16.9. The third kappa shape index (κ3) is 4.09. The zero-order valence-corrected chi connectivity index (χ0v) is 21.4. The summed E-state index contributed by atoms with van der Waals surface area (Å²) in [5, 5.41) is 13.8. The van der Waals surface area contributed by atoms with Crippen LogP contribution in [0, 0.1) is 11.3 Å². The third-order valence-electron chi connectivity index (χ3n) is 7.33. The monoisotopic (exact) mass is 490 g/mol. The van der Waals surface area contributed by atoms with Gasteiger partial charge in [-0.2, -0.15) is 15.3 Å². The number of thiazole rings is 1. The van der Waals surface area contributed by atoms with Crippen molar-refractivity contribution in [3.05, 3.63) is 46.0 Å². The molecule has 0 saturated carbocycles. The van der Waals surface area contributed by atoms with Gasteiger partial charge >= 0.3 is 5.69 Å². The van der Waals surface area contributed by atoms with Crippen molar-refractivity contribution in [3.8, 4) is 6.07 Å². The Labute approximate surface area is 208 Å². The maximum Gasteiger partial charge on any atom is 0.349 e. The molecular formula is C25H30N8OS. The first-order valence-corrected chi connectivity index (χ1v) is 13.0. The van der Waals surface area contributed by atoms with Gasteiger partial charge in [0.25, 0.3) is 0 Å². The quantitative estimate of drug-likeness (QED) is 0.407. The predicted octanol–water partition coefficient (Wildman–Crippen LogP) is 3.70. The number of anilines is 1. The number of benzene rings is 1. The Kier molecular flexibility index (Phi) is 6.30. The van der Waals surface area contributed by atoms with Gasteiger partial charge in [-0.25, -0.2) is 9.78 Å². The molecular weight excluding hydrogens is 460 g/mol. The van der Waals surface area contributed by atoms with Crippen LogP contribution in [-0.2, 0) is 13.6 Å². The van der Waals surface area contributed by atoms with E-state index in [4.69, 9.17) is 5.26 Å². The average molecular weight is 491 g/mol. The Morgan fingerprint density at radius 2 is 2.03 bits per heavy atom. The third-order valence-corrected chi connectivity index (χ3v) is 8.12. The second kappa shape index (κ2) is 9.40. The molecule has 0 spiro atoms. The number of aromatic nitrogens is 5. The van der Waals surface area contributed by atoms with Crippen molar-refractivity contribution >= 4 is 38.4 Å². The molecule has 182 valence electrons. The summed E-state index contributed by atoms with van der Waals surface area (Å²) < 4.78 is 4.31. The van der Waals surface area contributed by atoms with Gasteiger partial charge in [0.15, 0.2) is 11.3 Å². The van der Waals surface area contributed by atoms with Gasteiger partial charge < -0.3 is 4.90 Å². The number of rotatable bonds is 6. The van der Waals surface area contributed by atoms with E-state index in [0.717, 1.165) is 31.4 Å².